The standard InChI is InChI=1S/C16H20F3N3O6S/c1-15(2)27-9-8(6-23)26-12(10(9)28-15)22-5-7(11(24)20-14(22)29)4-21(3)13(25)16(17,18)19/h5,10,12,14,23,29H,4,6H2,1-3H3,(H,20,24)/t10?,12-,14?/m1/s1. The number of ether oxygens (including phenoxy) is 3. The fourth-order valence-electron chi connectivity index (χ4n) is 3.17. The maximum atomic E-state index is 12.6. The first-order chi connectivity index (χ1) is 13.3. The molecule has 162 valence electrons. The summed E-state index contributed by atoms with van der Waals surface area (Å²) in [5.41, 5.74) is -1.01. The predicted octanol–water partition coefficient (Wildman–Crippen LogP) is 0.248. The number of halogens is 3. The van der Waals surface area contributed by atoms with Gasteiger partial charge < -0.3 is 34.4 Å². The predicted molar refractivity (Wildman–Crippen MR) is 93.6 cm³/mol. The first kappa shape index (κ1) is 21.6. The van der Waals surface area contributed by atoms with E-state index in [9.17, 15) is 27.9 Å². The van der Waals surface area contributed by atoms with Gasteiger partial charge in [-0.2, -0.15) is 13.2 Å². The summed E-state index contributed by atoms with van der Waals surface area (Å²) in [6.45, 7) is 2.28. The third kappa shape index (κ3) is 4.12. The smallest absolute Gasteiger partial charge is 0.465 e. The van der Waals surface area contributed by atoms with Crippen LogP contribution in [-0.4, -0.2) is 76.7 Å². The van der Waals surface area contributed by atoms with Gasteiger partial charge in [0.2, 0.25) is 12.0 Å². The van der Waals surface area contributed by atoms with Crippen LogP contribution in [0.25, 0.3) is 0 Å². The number of alkyl halides is 3. The number of nitrogens with one attached hydrogen (secondary N) is 1. The van der Waals surface area contributed by atoms with Crippen LogP contribution in [0, 0.1) is 0 Å². The fraction of sp³-hybridized carbons (Fsp3) is 0.625. The first-order valence-electron chi connectivity index (χ1n) is 8.51. The average molecular weight is 439 g/mol. The molecule has 29 heavy (non-hydrogen) atoms. The number of carbonyl (C=O) groups excluding carboxylic acids is 2. The molecule has 1 fully saturated rings. The highest BCUT2D eigenvalue weighted by molar-refractivity contribution is 7.80. The number of hydrogen-bond donors (Lipinski definition) is 3. The number of aliphatic hydroxyl groups is 1. The van der Waals surface area contributed by atoms with E-state index in [2.05, 4.69) is 17.9 Å². The fourth-order valence-corrected chi connectivity index (χ4v) is 3.49. The van der Waals surface area contributed by atoms with Gasteiger partial charge in [0.1, 0.15) is 12.1 Å². The van der Waals surface area contributed by atoms with E-state index in [0.717, 1.165) is 7.05 Å². The highest BCUT2D eigenvalue weighted by atomic mass is 32.1. The Morgan fingerprint density at radius 1 is 1.45 bits per heavy atom. The highest BCUT2D eigenvalue weighted by Gasteiger charge is 2.53. The Morgan fingerprint density at radius 3 is 2.69 bits per heavy atom. The zero-order valence-corrected chi connectivity index (χ0v) is 16.6. The van der Waals surface area contributed by atoms with E-state index in [1.807, 2.05) is 0 Å². The molecule has 2 amide bonds. The summed E-state index contributed by atoms with van der Waals surface area (Å²) >= 11 is 4.27. The van der Waals surface area contributed by atoms with Gasteiger partial charge in [-0.1, -0.05) is 0 Å². The van der Waals surface area contributed by atoms with Crippen molar-refractivity contribution in [3.8, 4) is 0 Å². The summed E-state index contributed by atoms with van der Waals surface area (Å²) in [5.74, 6) is -3.31. The van der Waals surface area contributed by atoms with Gasteiger partial charge in [0.25, 0.3) is 5.91 Å². The number of thiol groups is 1. The molecule has 2 N–H and O–H groups in total. The van der Waals surface area contributed by atoms with Crippen molar-refractivity contribution >= 4 is 24.4 Å². The van der Waals surface area contributed by atoms with E-state index in [0.29, 0.717) is 10.7 Å². The lowest BCUT2D eigenvalue weighted by atomic mass is 10.2. The van der Waals surface area contributed by atoms with Crippen LogP contribution in [0.5, 0.6) is 0 Å². The number of hydrogen-bond acceptors (Lipinski definition) is 8. The minimum atomic E-state index is -5.06. The van der Waals surface area contributed by atoms with Gasteiger partial charge in [-0.15, -0.1) is 12.6 Å². The molecule has 0 aromatic heterocycles. The summed E-state index contributed by atoms with van der Waals surface area (Å²) in [5, 5.41) is 12.0. The van der Waals surface area contributed by atoms with Gasteiger partial charge in [-0.3, -0.25) is 9.59 Å². The van der Waals surface area contributed by atoms with Crippen molar-refractivity contribution in [3.05, 3.63) is 23.3 Å². The topological polar surface area (TPSA) is 101 Å². The van der Waals surface area contributed by atoms with Crippen molar-refractivity contribution in [2.75, 3.05) is 20.2 Å². The summed E-state index contributed by atoms with van der Waals surface area (Å²) in [6, 6.07) is 0. The molecule has 0 aliphatic carbocycles. The third-order valence-electron chi connectivity index (χ3n) is 4.40. The average Bonchev–Trinajstić information content (AvgIpc) is 3.08. The summed E-state index contributed by atoms with van der Waals surface area (Å²) < 4.78 is 55.0. The van der Waals surface area contributed by atoms with Gasteiger partial charge in [-0.05, 0) is 0 Å². The normalized spacial score (nSPS) is 28.4. The molecule has 0 saturated carbocycles. The second-order valence-electron chi connectivity index (χ2n) is 7.10. The lowest BCUT2D eigenvalue weighted by molar-refractivity contribution is -0.183. The monoisotopic (exact) mass is 439 g/mol. The quantitative estimate of drug-likeness (QED) is 0.540. The maximum Gasteiger partial charge on any atom is 0.471 e. The van der Waals surface area contributed by atoms with Crippen LogP contribution in [0.3, 0.4) is 0 Å². The minimum absolute atomic E-state index is 0.115. The highest BCUT2D eigenvalue weighted by Crippen LogP contribution is 2.42. The zero-order chi connectivity index (χ0) is 21.7. The van der Waals surface area contributed by atoms with E-state index in [1.54, 1.807) is 13.8 Å². The largest absolute Gasteiger partial charge is 0.471 e. The van der Waals surface area contributed by atoms with Crippen molar-refractivity contribution in [3.63, 3.8) is 0 Å². The summed E-state index contributed by atoms with van der Waals surface area (Å²) in [4.78, 5) is 25.4. The SMILES string of the molecule is CN(CC1=CN([C@@H]2OC(CO)=C3OC(C)(C)OC32)C(S)NC1=O)C(=O)C(F)(F)F. The van der Waals surface area contributed by atoms with E-state index in [1.165, 1.54) is 11.1 Å². The molecule has 0 spiro atoms. The molecule has 13 heteroatoms. The van der Waals surface area contributed by atoms with Gasteiger partial charge in [0.15, 0.2) is 17.6 Å². The molecular formula is C16H20F3N3O6S. The Kier molecular flexibility index (Phi) is 5.43. The Bertz CT molecular complexity index is 784. The number of rotatable bonds is 4. The molecule has 0 bridgehead atoms. The number of fused-ring (bicyclic) bond motifs is 1. The van der Waals surface area contributed by atoms with Crippen molar-refractivity contribution in [2.24, 2.45) is 0 Å². The number of likely N-dealkylation sites (N-methyl/N-ethyl adjacent to an activating group) is 1. The van der Waals surface area contributed by atoms with Crippen LogP contribution in [0.1, 0.15) is 13.8 Å². The van der Waals surface area contributed by atoms with Crippen LogP contribution in [-0.2, 0) is 23.8 Å². The number of nitrogens with zero attached hydrogens (tertiary/aromatic N) is 2. The minimum Gasteiger partial charge on any atom is -0.465 e. The first-order valence-corrected chi connectivity index (χ1v) is 9.02. The van der Waals surface area contributed by atoms with Crippen molar-refractivity contribution in [1.82, 2.24) is 15.1 Å². The van der Waals surface area contributed by atoms with E-state index >= 15 is 0 Å². The third-order valence-corrected chi connectivity index (χ3v) is 4.79. The van der Waals surface area contributed by atoms with Gasteiger partial charge in [0.05, 0.1) is 12.1 Å². The van der Waals surface area contributed by atoms with E-state index in [-0.39, 0.29) is 11.3 Å². The van der Waals surface area contributed by atoms with Crippen LogP contribution >= 0.6 is 12.6 Å². The summed E-state index contributed by atoms with van der Waals surface area (Å²) in [6.07, 6.45) is -5.47. The Labute approximate surface area is 169 Å². The second kappa shape index (κ2) is 7.29. The molecule has 1 saturated heterocycles. The number of carbonyl (C=O) groups is 2. The molecule has 0 aromatic rings. The van der Waals surface area contributed by atoms with Crippen LogP contribution < -0.4 is 5.32 Å². The number of amides is 2. The number of aliphatic hydroxyl groups excluding tert-OH is 1. The van der Waals surface area contributed by atoms with Crippen LogP contribution in [0.15, 0.2) is 23.3 Å². The molecule has 3 atom stereocenters. The molecule has 3 heterocycles. The molecule has 3 rings (SSSR count). The molecule has 0 aromatic carbocycles. The molecule has 3 aliphatic heterocycles. The Balaban J connectivity index is 1.84. The van der Waals surface area contributed by atoms with Crippen molar-refractivity contribution < 1.29 is 42.1 Å². The zero-order valence-electron chi connectivity index (χ0n) is 15.7. The van der Waals surface area contributed by atoms with Gasteiger partial charge in [0, 0.05) is 27.1 Å². The van der Waals surface area contributed by atoms with Crippen molar-refractivity contribution in [2.45, 2.75) is 43.6 Å². The van der Waals surface area contributed by atoms with Crippen LogP contribution in [0.2, 0.25) is 0 Å². The molecule has 0 radical (unpaired) electrons. The van der Waals surface area contributed by atoms with Gasteiger partial charge >= 0.3 is 12.1 Å². The summed E-state index contributed by atoms with van der Waals surface area (Å²) in [7, 11) is 0.938. The lowest BCUT2D eigenvalue weighted by Gasteiger charge is -2.38. The molecular weight excluding hydrogens is 419 g/mol. The molecule has 9 nitrogen and oxygen atoms in total. The van der Waals surface area contributed by atoms with E-state index in [4.69, 9.17) is 14.2 Å². The van der Waals surface area contributed by atoms with Crippen LogP contribution in [0.4, 0.5) is 13.2 Å². The van der Waals surface area contributed by atoms with Gasteiger partial charge in [-0.25, -0.2) is 0 Å². The second-order valence-corrected chi connectivity index (χ2v) is 7.59. The van der Waals surface area contributed by atoms with E-state index < -0.39 is 54.8 Å². The lowest BCUT2D eigenvalue weighted by Crippen LogP contribution is -2.55. The molecule has 3 aliphatic rings. The van der Waals surface area contributed by atoms with Crippen molar-refractivity contribution in [1.29, 1.82) is 0 Å². The molecule has 2 unspecified atom stereocenters. The Hall–Kier alpha value is -2.12. The maximum absolute atomic E-state index is 12.6. The Morgan fingerprint density at radius 2 is 2.10 bits per heavy atom.